The molecule has 1 aliphatic heterocycles. The molecule has 0 aromatic rings. The molecule has 1 N–H and O–H groups in total. The Labute approximate surface area is 226 Å². The van der Waals surface area contributed by atoms with Gasteiger partial charge in [0.05, 0.1) is 19.1 Å². The van der Waals surface area contributed by atoms with Crippen LogP contribution in [-0.2, 0) is 14.3 Å². The monoisotopic (exact) mass is 606 g/mol. The number of aliphatic hydroxyl groups excluding tert-OH is 1. The summed E-state index contributed by atoms with van der Waals surface area (Å²) in [7, 11) is 0. The van der Waals surface area contributed by atoms with Crippen LogP contribution < -0.4 is 0 Å². The van der Waals surface area contributed by atoms with Crippen molar-refractivity contribution < 1.29 is 19.4 Å². The van der Waals surface area contributed by atoms with Crippen LogP contribution in [0.15, 0.2) is 0 Å². The molecule has 0 saturated carbocycles. The van der Waals surface area contributed by atoms with E-state index in [4.69, 9.17) is 21.7 Å². The number of rotatable bonds is 17. The molecular weight excluding hydrogens is 551 g/mol. The second kappa shape index (κ2) is 26.2. The Hall–Kier alpha value is 0.119. The normalized spacial score (nSPS) is 19.1. The maximum atomic E-state index is 11.2. The molecule has 0 spiro atoms. The van der Waals surface area contributed by atoms with E-state index in [0.29, 0.717) is 6.61 Å². The molecule has 2 radical (unpaired) electrons. The van der Waals surface area contributed by atoms with Crippen LogP contribution in [0.3, 0.4) is 0 Å². The van der Waals surface area contributed by atoms with Gasteiger partial charge in [-0.3, -0.25) is 4.79 Å². The van der Waals surface area contributed by atoms with Gasteiger partial charge in [0.1, 0.15) is 6.10 Å². The number of aliphatic hydroxyl groups is 1. The van der Waals surface area contributed by atoms with E-state index in [1.807, 2.05) is 0 Å². The third-order valence-corrected chi connectivity index (χ3v) is 10.5. The predicted molar refractivity (Wildman–Crippen MR) is 150 cm³/mol. The Bertz CT molecular complexity index is 461. The van der Waals surface area contributed by atoms with E-state index >= 15 is 0 Å². The molecule has 2 atom stereocenters. The van der Waals surface area contributed by atoms with Gasteiger partial charge in [-0.1, -0.05) is 19.8 Å². The first-order valence-electron chi connectivity index (χ1n) is 14.3. The zero-order valence-corrected chi connectivity index (χ0v) is 26.3. The summed E-state index contributed by atoms with van der Waals surface area (Å²) in [6.07, 6.45) is 21.4. The minimum atomic E-state index is -1.03. The summed E-state index contributed by atoms with van der Waals surface area (Å²) >= 11 is 5.05. The number of carbonyl (C=O) groups excluding carboxylic acids is 1. The number of thiocarbonyl (C=S) groups is 1. The topological polar surface area (TPSA) is 55.8 Å². The summed E-state index contributed by atoms with van der Waals surface area (Å²) in [5, 5.41) is 9.76. The standard InChI is InChI=1S/C12H20O4S.2C8H17.Sn/c1-2-3-5-9-6-4-7-15-11(14)8-10(13)12(17)16-9;2*1-3-5-7-8-6-4-2;/h9-10,13H,2-8H2,1H3;2*1,3-8H2,2H3;. The zero-order valence-electron chi connectivity index (χ0n) is 22.6. The number of hydrogen-bond acceptors (Lipinski definition) is 5. The summed E-state index contributed by atoms with van der Waals surface area (Å²) in [6, 6.07) is 0. The molecule has 1 saturated heterocycles. The number of ether oxygens (including phenoxy) is 2. The van der Waals surface area contributed by atoms with Gasteiger partial charge in [0.25, 0.3) is 0 Å². The van der Waals surface area contributed by atoms with Gasteiger partial charge < -0.3 is 14.6 Å². The Kier molecular flexibility index (Phi) is 26.3. The fourth-order valence-electron chi connectivity index (χ4n) is 3.92. The molecule has 0 aliphatic carbocycles. The third kappa shape index (κ3) is 22.6. The molecule has 4 nitrogen and oxygen atoms in total. The summed E-state index contributed by atoms with van der Waals surface area (Å²) in [4.78, 5) is 11.2. The average molecular weight is 606 g/mol. The fraction of sp³-hybridized carbons (Fsp3) is 0.929. The quantitative estimate of drug-likeness (QED) is 0.0784. The van der Waals surface area contributed by atoms with Gasteiger partial charge in [-0.25, -0.2) is 0 Å². The molecule has 0 aromatic heterocycles. The Morgan fingerprint density at radius 3 is 1.94 bits per heavy atom. The summed E-state index contributed by atoms with van der Waals surface area (Å²) in [5.41, 5.74) is 0. The van der Waals surface area contributed by atoms with E-state index in [1.165, 1.54) is 64.2 Å². The van der Waals surface area contributed by atoms with Crippen LogP contribution in [0, 0.1) is 0 Å². The van der Waals surface area contributed by atoms with Crippen LogP contribution in [0.4, 0.5) is 0 Å². The third-order valence-electron chi connectivity index (χ3n) is 6.14. The van der Waals surface area contributed by atoms with Crippen LogP contribution in [0.2, 0.25) is 8.87 Å². The van der Waals surface area contributed by atoms with Gasteiger partial charge in [-0.2, -0.15) is 0 Å². The van der Waals surface area contributed by atoms with Gasteiger partial charge >= 0.3 is 127 Å². The van der Waals surface area contributed by atoms with Crippen molar-refractivity contribution >= 4 is 44.4 Å². The molecule has 2 unspecified atom stereocenters. The first-order valence-corrected chi connectivity index (χ1v) is 18.7. The number of esters is 1. The Morgan fingerprint density at radius 2 is 1.38 bits per heavy atom. The maximum absolute atomic E-state index is 11.2. The number of hydrogen-bond donors (Lipinski definition) is 1. The van der Waals surface area contributed by atoms with E-state index in [9.17, 15) is 9.90 Å². The van der Waals surface area contributed by atoms with Crippen LogP contribution >= 0.6 is 12.2 Å². The van der Waals surface area contributed by atoms with E-state index in [-0.39, 0.29) is 38.7 Å². The van der Waals surface area contributed by atoms with Crippen LogP contribution in [0.25, 0.3) is 0 Å². The summed E-state index contributed by atoms with van der Waals surface area (Å²) in [5.74, 6) is -0.421. The average Bonchev–Trinajstić information content (AvgIpc) is 2.83. The molecule has 1 fully saturated rings. The van der Waals surface area contributed by atoms with Crippen LogP contribution in [-0.4, -0.2) is 56.1 Å². The molecule has 1 aliphatic rings. The number of carbonyl (C=O) groups is 1. The van der Waals surface area contributed by atoms with Gasteiger partial charge in [0, 0.05) is 0 Å². The van der Waals surface area contributed by atoms with Crippen molar-refractivity contribution in [1.82, 2.24) is 0 Å². The van der Waals surface area contributed by atoms with Crippen LogP contribution in [0.5, 0.6) is 0 Å². The van der Waals surface area contributed by atoms with Crippen LogP contribution in [0.1, 0.15) is 136 Å². The van der Waals surface area contributed by atoms with E-state index in [2.05, 4.69) is 20.8 Å². The molecule has 1 heterocycles. The molecule has 200 valence electrons. The minimum absolute atomic E-state index is 0.0360. The second-order valence-electron chi connectivity index (χ2n) is 9.57. The first-order chi connectivity index (χ1) is 16.5. The zero-order chi connectivity index (χ0) is 25.3. The Morgan fingerprint density at radius 1 is 0.853 bits per heavy atom. The number of cyclic esters (lactones) is 1. The molecule has 0 bridgehead atoms. The van der Waals surface area contributed by atoms with Gasteiger partial charge in [0.15, 0.2) is 5.05 Å². The van der Waals surface area contributed by atoms with Crippen molar-refractivity contribution in [2.24, 2.45) is 0 Å². The van der Waals surface area contributed by atoms with E-state index in [1.54, 1.807) is 21.7 Å². The van der Waals surface area contributed by atoms with Crippen molar-refractivity contribution in [3.63, 3.8) is 0 Å². The van der Waals surface area contributed by atoms with E-state index < -0.39 is 12.1 Å². The van der Waals surface area contributed by atoms with Crippen molar-refractivity contribution in [2.45, 2.75) is 157 Å². The van der Waals surface area contributed by atoms with Crippen molar-refractivity contribution in [1.29, 1.82) is 0 Å². The summed E-state index contributed by atoms with van der Waals surface area (Å²) in [6.45, 7) is 7.11. The van der Waals surface area contributed by atoms with Crippen molar-refractivity contribution in [3.05, 3.63) is 0 Å². The van der Waals surface area contributed by atoms with Gasteiger partial charge in [-0.15, -0.1) is 0 Å². The SMILES string of the molecule is CCCCC1CCCOC(=O)CC(O)C(=S)O1.CCCCCCC[CH2][Sn][CH2]CCCCCCC. The fourth-order valence-corrected chi connectivity index (χ4v) is 7.71. The number of unbranched alkanes of at least 4 members (excludes halogenated alkanes) is 11. The van der Waals surface area contributed by atoms with E-state index in [0.717, 1.165) is 32.1 Å². The molecule has 0 amide bonds. The molecule has 0 aromatic carbocycles. The van der Waals surface area contributed by atoms with Gasteiger partial charge in [-0.05, 0) is 31.5 Å². The molecule has 34 heavy (non-hydrogen) atoms. The van der Waals surface area contributed by atoms with Gasteiger partial charge in [0.2, 0.25) is 0 Å². The first kappa shape index (κ1) is 34.1. The second-order valence-corrected chi connectivity index (χ2v) is 14.3. The summed E-state index contributed by atoms with van der Waals surface area (Å²) < 4.78 is 13.9. The van der Waals surface area contributed by atoms with Crippen molar-refractivity contribution in [3.8, 4) is 0 Å². The molecular formula is C28H54O4SSn. The Balaban J connectivity index is 0.000000641. The molecule has 6 heteroatoms. The predicted octanol–water partition coefficient (Wildman–Crippen LogP) is 8.23. The van der Waals surface area contributed by atoms with Crippen molar-refractivity contribution in [2.75, 3.05) is 6.61 Å². The molecule has 1 rings (SSSR count).